The van der Waals surface area contributed by atoms with E-state index >= 15 is 0 Å². The molecule has 0 aliphatic heterocycles. The molecule has 0 saturated heterocycles. The number of nitrogens with zero attached hydrogens (tertiary/aromatic N) is 2. The van der Waals surface area contributed by atoms with Crippen molar-refractivity contribution in [2.45, 2.75) is 13.3 Å². The second kappa shape index (κ2) is 6.71. The molecule has 0 aromatic carbocycles. The van der Waals surface area contributed by atoms with Gasteiger partial charge in [0.25, 0.3) is 0 Å². The molecule has 0 aromatic rings. The summed E-state index contributed by atoms with van der Waals surface area (Å²) in [6.07, 6.45) is -0.614. The second-order valence-electron chi connectivity index (χ2n) is 2.42. The summed E-state index contributed by atoms with van der Waals surface area (Å²) in [5.41, 5.74) is 0. The number of aliphatic carboxylic acids is 1. The molecular weight excluding hydrogens is 188 g/mol. The van der Waals surface area contributed by atoms with Crippen LogP contribution in [0.5, 0.6) is 0 Å². The number of ether oxygens (including phenoxy) is 1. The predicted octanol–water partition coefficient (Wildman–Crippen LogP) is 0.443. The zero-order valence-electron chi connectivity index (χ0n) is 7.89. The van der Waals surface area contributed by atoms with E-state index in [9.17, 15) is 9.59 Å². The lowest BCUT2D eigenvalue weighted by molar-refractivity contribution is -0.138. The Morgan fingerprint density at radius 2 is 2.21 bits per heavy atom. The fraction of sp³-hybridized carbons (Fsp3) is 0.625. The number of hydrogen-bond acceptors (Lipinski definition) is 4. The Morgan fingerprint density at radius 1 is 1.57 bits per heavy atom. The first kappa shape index (κ1) is 12.2. The Hall–Kier alpha value is -1.77. The van der Waals surface area contributed by atoms with Gasteiger partial charge in [0, 0.05) is 6.54 Å². The smallest absolute Gasteiger partial charge is 0.410 e. The quantitative estimate of drug-likeness (QED) is 0.695. The molecule has 0 spiro atoms. The van der Waals surface area contributed by atoms with Gasteiger partial charge in [0.1, 0.15) is 6.54 Å². The van der Waals surface area contributed by atoms with Crippen molar-refractivity contribution in [1.29, 1.82) is 5.26 Å². The van der Waals surface area contributed by atoms with Crippen LogP contribution >= 0.6 is 0 Å². The van der Waals surface area contributed by atoms with Crippen molar-refractivity contribution in [3.8, 4) is 6.07 Å². The average Bonchev–Trinajstić information content (AvgIpc) is 2.12. The molecule has 0 aliphatic carbocycles. The predicted molar refractivity (Wildman–Crippen MR) is 46.5 cm³/mol. The molecule has 6 heteroatoms. The normalized spacial score (nSPS) is 8.86. The zero-order valence-corrected chi connectivity index (χ0v) is 7.89. The maximum absolute atomic E-state index is 11.1. The van der Waals surface area contributed by atoms with Gasteiger partial charge in [-0.05, 0) is 6.92 Å². The van der Waals surface area contributed by atoms with Crippen LogP contribution in [0.25, 0.3) is 0 Å². The van der Waals surface area contributed by atoms with E-state index in [1.54, 1.807) is 6.92 Å². The highest BCUT2D eigenvalue weighted by molar-refractivity contribution is 5.76. The van der Waals surface area contributed by atoms with Crippen LogP contribution in [0, 0.1) is 11.3 Å². The van der Waals surface area contributed by atoms with Crippen molar-refractivity contribution in [2.75, 3.05) is 19.7 Å². The fourth-order valence-corrected chi connectivity index (χ4v) is 0.798. The summed E-state index contributed by atoms with van der Waals surface area (Å²) in [6.45, 7) is 1.44. The van der Waals surface area contributed by atoms with E-state index in [1.807, 2.05) is 6.07 Å². The SMILES string of the molecule is CCOC(=O)N(CCC#N)CC(=O)O. The Kier molecular flexibility index (Phi) is 5.87. The summed E-state index contributed by atoms with van der Waals surface area (Å²) < 4.78 is 4.62. The minimum absolute atomic E-state index is 0.0711. The summed E-state index contributed by atoms with van der Waals surface area (Å²) in [5, 5.41) is 16.8. The number of amides is 1. The molecule has 1 amide bonds. The van der Waals surface area contributed by atoms with Gasteiger partial charge in [-0.2, -0.15) is 5.26 Å². The van der Waals surface area contributed by atoms with Crippen molar-refractivity contribution in [2.24, 2.45) is 0 Å². The first-order valence-electron chi connectivity index (χ1n) is 4.12. The summed E-state index contributed by atoms with van der Waals surface area (Å²) in [4.78, 5) is 22.4. The minimum Gasteiger partial charge on any atom is -0.480 e. The van der Waals surface area contributed by atoms with Crippen LogP contribution in [0.4, 0.5) is 4.79 Å². The standard InChI is InChI=1S/C8H12N2O4/c1-2-14-8(13)10(5-3-4-9)6-7(11)12/h2-3,5-6H2,1H3,(H,11,12). The lowest BCUT2D eigenvalue weighted by atomic mass is 10.4. The first-order chi connectivity index (χ1) is 6.61. The van der Waals surface area contributed by atoms with Crippen molar-refractivity contribution in [3.63, 3.8) is 0 Å². The van der Waals surface area contributed by atoms with Crippen LogP contribution in [0.2, 0.25) is 0 Å². The molecule has 0 aromatic heterocycles. The van der Waals surface area contributed by atoms with Crippen molar-refractivity contribution >= 4 is 12.1 Å². The van der Waals surface area contributed by atoms with Gasteiger partial charge in [-0.1, -0.05) is 0 Å². The Balaban J connectivity index is 4.16. The maximum atomic E-state index is 11.1. The van der Waals surface area contributed by atoms with Crippen LogP contribution in [0.1, 0.15) is 13.3 Å². The highest BCUT2D eigenvalue weighted by atomic mass is 16.6. The molecule has 0 atom stereocenters. The monoisotopic (exact) mass is 200 g/mol. The van der Waals surface area contributed by atoms with Crippen molar-refractivity contribution in [3.05, 3.63) is 0 Å². The van der Waals surface area contributed by atoms with E-state index < -0.39 is 18.6 Å². The maximum Gasteiger partial charge on any atom is 0.410 e. The molecule has 0 rings (SSSR count). The largest absolute Gasteiger partial charge is 0.480 e. The molecule has 0 saturated carbocycles. The van der Waals surface area contributed by atoms with Gasteiger partial charge in [0.05, 0.1) is 19.1 Å². The number of rotatable bonds is 5. The van der Waals surface area contributed by atoms with Gasteiger partial charge >= 0.3 is 12.1 Å². The van der Waals surface area contributed by atoms with E-state index in [2.05, 4.69) is 4.74 Å². The van der Waals surface area contributed by atoms with E-state index in [0.717, 1.165) is 4.90 Å². The van der Waals surface area contributed by atoms with Gasteiger partial charge in [-0.25, -0.2) is 4.79 Å². The molecule has 0 aliphatic rings. The van der Waals surface area contributed by atoms with Crippen LogP contribution in [-0.2, 0) is 9.53 Å². The topological polar surface area (TPSA) is 90.6 Å². The van der Waals surface area contributed by atoms with E-state index in [-0.39, 0.29) is 19.6 Å². The first-order valence-corrected chi connectivity index (χ1v) is 4.12. The number of carbonyl (C=O) groups is 2. The fourth-order valence-electron chi connectivity index (χ4n) is 0.798. The van der Waals surface area contributed by atoms with Gasteiger partial charge in [-0.3, -0.25) is 9.69 Å². The van der Waals surface area contributed by atoms with Crippen LogP contribution < -0.4 is 0 Å². The van der Waals surface area contributed by atoms with Crippen LogP contribution in [0.15, 0.2) is 0 Å². The lowest BCUT2D eigenvalue weighted by Gasteiger charge is -2.17. The number of carboxylic acids is 1. The molecule has 0 heterocycles. The third-order valence-electron chi connectivity index (χ3n) is 1.35. The molecule has 0 fully saturated rings. The molecule has 0 bridgehead atoms. The molecule has 78 valence electrons. The molecule has 14 heavy (non-hydrogen) atoms. The van der Waals surface area contributed by atoms with E-state index in [1.165, 1.54) is 0 Å². The summed E-state index contributed by atoms with van der Waals surface area (Å²) in [6, 6.07) is 1.83. The number of carbonyl (C=O) groups excluding carboxylic acids is 1. The van der Waals surface area contributed by atoms with Gasteiger partial charge < -0.3 is 9.84 Å². The summed E-state index contributed by atoms with van der Waals surface area (Å²) in [5.74, 6) is -1.13. The third-order valence-corrected chi connectivity index (χ3v) is 1.35. The van der Waals surface area contributed by atoms with Crippen molar-refractivity contribution in [1.82, 2.24) is 4.90 Å². The summed E-state index contributed by atoms with van der Waals surface area (Å²) >= 11 is 0. The van der Waals surface area contributed by atoms with Gasteiger partial charge in [0.2, 0.25) is 0 Å². The van der Waals surface area contributed by atoms with Crippen LogP contribution in [-0.4, -0.2) is 41.8 Å². The number of nitriles is 1. The van der Waals surface area contributed by atoms with E-state index in [0.29, 0.717) is 0 Å². The molecule has 0 unspecified atom stereocenters. The number of carboxylic acid groups (broad SMARTS) is 1. The average molecular weight is 200 g/mol. The Labute approximate surface area is 81.7 Å². The van der Waals surface area contributed by atoms with Crippen LogP contribution in [0.3, 0.4) is 0 Å². The van der Waals surface area contributed by atoms with Gasteiger partial charge in [-0.15, -0.1) is 0 Å². The third kappa shape index (κ3) is 4.98. The van der Waals surface area contributed by atoms with E-state index in [4.69, 9.17) is 10.4 Å². The Bertz CT molecular complexity index is 246. The highest BCUT2D eigenvalue weighted by Gasteiger charge is 2.16. The summed E-state index contributed by atoms with van der Waals surface area (Å²) in [7, 11) is 0. The molecule has 0 radical (unpaired) electrons. The highest BCUT2D eigenvalue weighted by Crippen LogP contribution is 1.96. The Morgan fingerprint density at radius 3 is 2.64 bits per heavy atom. The molecular formula is C8H12N2O4. The minimum atomic E-state index is -1.13. The van der Waals surface area contributed by atoms with Gasteiger partial charge in [0.15, 0.2) is 0 Å². The zero-order chi connectivity index (χ0) is 11.0. The molecule has 1 N–H and O–H groups in total. The second-order valence-corrected chi connectivity index (χ2v) is 2.42. The lowest BCUT2D eigenvalue weighted by Crippen LogP contribution is -2.36. The molecule has 6 nitrogen and oxygen atoms in total. The number of hydrogen-bond donors (Lipinski definition) is 1. The van der Waals surface area contributed by atoms with Crippen molar-refractivity contribution < 1.29 is 19.4 Å².